The molecule has 2 aromatic carbocycles. The van der Waals surface area contributed by atoms with Gasteiger partial charge in [-0.25, -0.2) is 13.2 Å². The number of oxazole rings is 1. The second-order valence-electron chi connectivity index (χ2n) is 8.41. The normalized spacial score (nSPS) is 15.6. The number of nitrogens with zero attached hydrogens (tertiary/aromatic N) is 3. The van der Waals surface area contributed by atoms with Crippen LogP contribution in [0.2, 0.25) is 0 Å². The summed E-state index contributed by atoms with van der Waals surface area (Å²) in [5, 5.41) is 0. The maximum Gasteiger partial charge on any atom is 0.420 e. The summed E-state index contributed by atoms with van der Waals surface area (Å²) in [4.78, 5) is 26.5. The highest BCUT2D eigenvalue weighted by atomic mass is 32.2. The number of sulfonamides is 1. The van der Waals surface area contributed by atoms with Crippen molar-refractivity contribution in [2.45, 2.75) is 38.1 Å². The van der Waals surface area contributed by atoms with Crippen LogP contribution in [0, 0.1) is 6.92 Å². The van der Waals surface area contributed by atoms with Crippen LogP contribution in [0.5, 0.6) is 0 Å². The molecule has 1 amide bonds. The van der Waals surface area contributed by atoms with E-state index in [1.165, 1.54) is 21.0 Å². The minimum absolute atomic E-state index is 0.0101. The van der Waals surface area contributed by atoms with Gasteiger partial charge in [-0.2, -0.15) is 4.31 Å². The van der Waals surface area contributed by atoms with Gasteiger partial charge >= 0.3 is 5.76 Å². The molecule has 3 aromatic rings. The summed E-state index contributed by atoms with van der Waals surface area (Å²) in [7, 11) is -3.77. The van der Waals surface area contributed by atoms with E-state index in [4.69, 9.17) is 4.42 Å². The Labute approximate surface area is 187 Å². The van der Waals surface area contributed by atoms with E-state index in [1.807, 2.05) is 45.0 Å². The molecule has 1 saturated heterocycles. The fourth-order valence-electron chi connectivity index (χ4n) is 3.99. The van der Waals surface area contributed by atoms with Crippen LogP contribution in [-0.2, 0) is 21.2 Å². The average molecular weight is 458 g/mol. The van der Waals surface area contributed by atoms with Crippen molar-refractivity contribution in [3.8, 4) is 0 Å². The molecule has 2 heterocycles. The summed E-state index contributed by atoms with van der Waals surface area (Å²) < 4.78 is 34.4. The smallest absolute Gasteiger partial charge is 0.408 e. The number of aryl methyl sites for hydroxylation is 1. The summed E-state index contributed by atoms with van der Waals surface area (Å²) in [6.07, 6.45) is 0.301. The highest BCUT2D eigenvalue weighted by Gasteiger charge is 2.30. The van der Waals surface area contributed by atoms with Crippen LogP contribution in [-0.4, -0.2) is 54.3 Å². The van der Waals surface area contributed by atoms with Gasteiger partial charge < -0.3 is 9.32 Å². The Kier molecular flexibility index (Phi) is 5.96. The molecule has 1 fully saturated rings. The molecule has 170 valence electrons. The van der Waals surface area contributed by atoms with Crippen molar-refractivity contribution < 1.29 is 17.6 Å². The third-order valence-electron chi connectivity index (χ3n) is 5.81. The van der Waals surface area contributed by atoms with E-state index < -0.39 is 15.8 Å². The van der Waals surface area contributed by atoms with Crippen LogP contribution >= 0.6 is 0 Å². The maximum absolute atomic E-state index is 13.2. The van der Waals surface area contributed by atoms with E-state index in [0.717, 1.165) is 11.1 Å². The Morgan fingerprint density at radius 2 is 1.69 bits per heavy atom. The van der Waals surface area contributed by atoms with Crippen LogP contribution in [0.3, 0.4) is 0 Å². The number of rotatable bonds is 5. The summed E-state index contributed by atoms with van der Waals surface area (Å²) in [6.45, 7) is 6.84. The van der Waals surface area contributed by atoms with Crippen molar-refractivity contribution in [1.82, 2.24) is 13.8 Å². The molecule has 0 unspecified atom stereocenters. The molecule has 0 bridgehead atoms. The van der Waals surface area contributed by atoms with Crippen LogP contribution in [0.15, 0.2) is 56.6 Å². The van der Waals surface area contributed by atoms with E-state index in [1.54, 1.807) is 11.0 Å². The minimum Gasteiger partial charge on any atom is -0.408 e. The number of benzene rings is 2. The lowest BCUT2D eigenvalue weighted by atomic mass is 10.1. The van der Waals surface area contributed by atoms with Gasteiger partial charge in [-0.15, -0.1) is 0 Å². The second kappa shape index (κ2) is 8.55. The van der Waals surface area contributed by atoms with E-state index >= 15 is 0 Å². The van der Waals surface area contributed by atoms with Crippen molar-refractivity contribution in [2.24, 2.45) is 0 Å². The molecule has 4 rings (SSSR count). The number of piperazine rings is 1. The van der Waals surface area contributed by atoms with Gasteiger partial charge in [-0.1, -0.05) is 29.8 Å². The second-order valence-corrected chi connectivity index (χ2v) is 10.3. The molecule has 0 radical (unpaired) electrons. The van der Waals surface area contributed by atoms with Crippen molar-refractivity contribution in [3.05, 3.63) is 64.1 Å². The summed E-state index contributed by atoms with van der Waals surface area (Å²) >= 11 is 0. The Bertz CT molecular complexity index is 1300. The molecule has 0 N–H and O–H groups in total. The molecule has 0 aliphatic carbocycles. The number of aromatic nitrogens is 1. The minimum atomic E-state index is -3.77. The number of carbonyl (C=O) groups is 1. The van der Waals surface area contributed by atoms with Gasteiger partial charge in [0.15, 0.2) is 5.58 Å². The molecule has 32 heavy (non-hydrogen) atoms. The Morgan fingerprint density at radius 1 is 1.03 bits per heavy atom. The predicted octanol–water partition coefficient (Wildman–Crippen LogP) is 2.56. The molecular weight excluding hydrogens is 430 g/mol. The molecule has 1 aromatic heterocycles. The standard InChI is InChI=1S/C23H27N3O5S/c1-16(2)26-20-9-8-19(15-21(20)31-23(26)28)32(29,30)25-12-10-24(11-13-25)22(27)14-18-6-4-17(3)5-7-18/h4-9,15-16H,10-14H2,1-3H3. The first-order valence-electron chi connectivity index (χ1n) is 10.7. The van der Waals surface area contributed by atoms with Gasteiger partial charge in [-0.05, 0) is 38.5 Å². The van der Waals surface area contributed by atoms with Crippen molar-refractivity contribution in [2.75, 3.05) is 26.2 Å². The monoisotopic (exact) mass is 457 g/mol. The van der Waals surface area contributed by atoms with E-state index in [0.29, 0.717) is 25.0 Å². The first-order valence-corrected chi connectivity index (χ1v) is 12.1. The van der Waals surface area contributed by atoms with Crippen molar-refractivity contribution >= 4 is 27.0 Å². The molecular formula is C23H27N3O5S. The molecule has 8 nitrogen and oxygen atoms in total. The number of hydrogen-bond donors (Lipinski definition) is 0. The lowest BCUT2D eigenvalue weighted by Gasteiger charge is -2.34. The lowest BCUT2D eigenvalue weighted by molar-refractivity contribution is -0.131. The highest BCUT2D eigenvalue weighted by Crippen LogP contribution is 2.24. The number of hydrogen-bond acceptors (Lipinski definition) is 5. The van der Waals surface area contributed by atoms with Gasteiger partial charge in [0.05, 0.1) is 16.8 Å². The summed E-state index contributed by atoms with van der Waals surface area (Å²) in [5.41, 5.74) is 2.89. The van der Waals surface area contributed by atoms with Gasteiger partial charge in [0, 0.05) is 38.3 Å². The van der Waals surface area contributed by atoms with E-state index in [2.05, 4.69) is 0 Å². The Morgan fingerprint density at radius 3 is 2.31 bits per heavy atom. The molecule has 1 aliphatic rings. The maximum atomic E-state index is 13.2. The molecule has 1 aliphatic heterocycles. The zero-order chi connectivity index (χ0) is 23.0. The quantitative estimate of drug-likeness (QED) is 0.587. The average Bonchev–Trinajstić information content (AvgIpc) is 3.10. The largest absolute Gasteiger partial charge is 0.420 e. The summed E-state index contributed by atoms with van der Waals surface area (Å²) in [5.74, 6) is -0.519. The Balaban J connectivity index is 1.46. The topological polar surface area (TPSA) is 92.8 Å². The van der Waals surface area contributed by atoms with Gasteiger partial charge in [0.1, 0.15) is 0 Å². The van der Waals surface area contributed by atoms with E-state index in [-0.39, 0.29) is 35.5 Å². The molecule has 9 heteroatoms. The zero-order valence-electron chi connectivity index (χ0n) is 18.4. The Hall–Kier alpha value is -2.91. The van der Waals surface area contributed by atoms with Crippen LogP contribution in [0.25, 0.3) is 11.1 Å². The van der Waals surface area contributed by atoms with Crippen LogP contribution in [0.1, 0.15) is 31.0 Å². The number of carbonyl (C=O) groups excluding carboxylic acids is 1. The first-order chi connectivity index (χ1) is 15.2. The van der Waals surface area contributed by atoms with Crippen LogP contribution < -0.4 is 5.76 Å². The predicted molar refractivity (Wildman–Crippen MR) is 121 cm³/mol. The van der Waals surface area contributed by atoms with Crippen LogP contribution in [0.4, 0.5) is 0 Å². The van der Waals surface area contributed by atoms with Crippen molar-refractivity contribution in [3.63, 3.8) is 0 Å². The van der Waals surface area contributed by atoms with Crippen molar-refractivity contribution in [1.29, 1.82) is 0 Å². The molecule has 0 saturated carbocycles. The zero-order valence-corrected chi connectivity index (χ0v) is 19.3. The molecule has 0 spiro atoms. The fourth-order valence-corrected chi connectivity index (χ4v) is 5.42. The summed E-state index contributed by atoms with van der Waals surface area (Å²) in [6, 6.07) is 12.2. The third-order valence-corrected chi connectivity index (χ3v) is 7.70. The van der Waals surface area contributed by atoms with E-state index in [9.17, 15) is 18.0 Å². The fraction of sp³-hybridized carbons (Fsp3) is 0.391. The number of fused-ring (bicyclic) bond motifs is 1. The van der Waals surface area contributed by atoms with Gasteiger partial charge in [0.2, 0.25) is 15.9 Å². The SMILES string of the molecule is Cc1ccc(CC(=O)N2CCN(S(=O)(=O)c3ccc4c(c3)oc(=O)n4C(C)C)CC2)cc1. The third kappa shape index (κ3) is 4.22. The highest BCUT2D eigenvalue weighted by molar-refractivity contribution is 7.89. The van der Waals surface area contributed by atoms with Gasteiger partial charge in [-0.3, -0.25) is 9.36 Å². The molecule has 0 atom stereocenters. The van der Waals surface area contributed by atoms with Gasteiger partial charge in [0.25, 0.3) is 0 Å². The number of amides is 1. The first kappa shape index (κ1) is 22.3. The lowest BCUT2D eigenvalue weighted by Crippen LogP contribution is -2.50.